The molecule has 0 bridgehead atoms. The fourth-order valence-electron chi connectivity index (χ4n) is 9.04. The fourth-order valence-corrected chi connectivity index (χ4v) is 10.1. The van der Waals surface area contributed by atoms with E-state index in [4.69, 9.17) is 0 Å². The van der Waals surface area contributed by atoms with Crippen molar-refractivity contribution >= 4 is 103 Å². The van der Waals surface area contributed by atoms with Gasteiger partial charge < -0.3 is 9.47 Å². The molecule has 0 unspecified atom stereocenters. The lowest BCUT2D eigenvalue weighted by molar-refractivity contribution is 1.19. The molecule has 2 nitrogen and oxygen atoms in total. The van der Waals surface area contributed by atoms with Crippen molar-refractivity contribution in [1.82, 2.24) is 4.57 Å². The largest absolute Gasteiger partial charge is 0.310 e. The molecule has 0 aliphatic heterocycles. The number of aromatic nitrogens is 1. The predicted octanol–water partition coefficient (Wildman–Crippen LogP) is 15.7. The zero-order chi connectivity index (χ0) is 37.5. The molecule has 57 heavy (non-hydrogen) atoms. The standard InChI is InChI=1S/C54H34N2S/c1-2-12-40(13-3-1)56-51-32-39(24-29-46(51)48-30-23-37-11-5-7-15-45(37)54(48)56)35-20-25-41(26-21-35)55(43-28-31-53-50(34-43)47-16-8-9-17-52(47)57-53)42-27-22-38-19-18-36-10-4-6-14-44(36)49(38)33-42/h1-34H. The SMILES string of the molecule is c1ccc(-n2c3cc(-c4ccc(N(c5ccc6ccc7ccccc7c6c5)c5ccc6sc7ccccc7c6c5)cc4)ccc3c3ccc4ccccc4c32)cc1. The number of anilines is 3. The first-order valence-electron chi connectivity index (χ1n) is 19.5. The Morgan fingerprint density at radius 3 is 1.72 bits per heavy atom. The average molecular weight is 743 g/mol. The van der Waals surface area contributed by atoms with Crippen molar-refractivity contribution in [2.24, 2.45) is 0 Å². The van der Waals surface area contributed by atoms with Gasteiger partial charge in [0.05, 0.1) is 11.0 Å². The third-order valence-electron chi connectivity index (χ3n) is 11.7. The molecule has 12 rings (SSSR count). The molecule has 0 atom stereocenters. The summed E-state index contributed by atoms with van der Waals surface area (Å²) in [7, 11) is 0. The lowest BCUT2D eigenvalue weighted by Crippen LogP contribution is -2.09. The molecule has 0 amide bonds. The summed E-state index contributed by atoms with van der Waals surface area (Å²) in [5.74, 6) is 0. The number of para-hydroxylation sites is 1. The maximum atomic E-state index is 2.44. The van der Waals surface area contributed by atoms with Crippen LogP contribution in [0.1, 0.15) is 0 Å². The quantitative estimate of drug-likeness (QED) is 0.159. The van der Waals surface area contributed by atoms with E-state index in [0.717, 1.165) is 22.7 Å². The van der Waals surface area contributed by atoms with Crippen LogP contribution in [0.2, 0.25) is 0 Å². The minimum Gasteiger partial charge on any atom is -0.310 e. The van der Waals surface area contributed by atoms with Crippen molar-refractivity contribution in [2.75, 3.05) is 4.90 Å². The highest BCUT2D eigenvalue weighted by Crippen LogP contribution is 2.43. The van der Waals surface area contributed by atoms with E-state index in [-0.39, 0.29) is 0 Å². The molecule has 0 aliphatic rings. The lowest BCUT2D eigenvalue weighted by Gasteiger charge is -2.26. The Kier molecular flexibility index (Phi) is 7.13. The van der Waals surface area contributed by atoms with Gasteiger partial charge in [-0.3, -0.25) is 0 Å². The maximum absolute atomic E-state index is 2.44. The van der Waals surface area contributed by atoms with Crippen LogP contribution in [0.3, 0.4) is 0 Å². The zero-order valence-electron chi connectivity index (χ0n) is 30.9. The van der Waals surface area contributed by atoms with Gasteiger partial charge in [0.1, 0.15) is 0 Å². The molecule has 0 aliphatic carbocycles. The minimum absolute atomic E-state index is 1.11. The molecule has 0 fully saturated rings. The van der Waals surface area contributed by atoms with Crippen LogP contribution in [0.4, 0.5) is 17.1 Å². The molecular weight excluding hydrogens is 709 g/mol. The molecule has 12 aromatic rings. The predicted molar refractivity (Wildman–Crippen MR) is 246 cm³/mol. The normalized spacial score (nSPS) is 11.9. The smallest absolute Gasteiger partial charge is 0.0619 e. The number of nitrogens with zero attached hydrogens (tertiary/aromatic N) is 2. The van der Waals surface area contributed by atoms with E-state index >= 15 is 0 Å². The zero-order valence-corrected chi connectivity index (χ0v) is 31.7. The molecule has 0 saturated heterocycles. The van der Waals surface area contributed by atoms with Crippen LogP contribution in [0.15, 0.2) is 206 Å². The Bertz CT molecular complexity index is 3520. The number of hydrogen-bond acceptors (Lipinski definition) is 2. The van der Waals surface area contributed by atoms with E-state index < -0.39 is 0 Å². The highest BCUT2D eigenvalue weighted by atomic mass is 32.1. The fraction of sp³-hybridized carbons (Fsp3) is 0. The van der Waals surface area contributed by atoms with Crippen LogP contribution in [0, 0.1) is 0 Å². The Balaban J connectivity index is 1.03. The summed E-state index contributed by atoms with van der Waals surface area (Å²) >= 11 is 1.86. The second kappa shape index (κ2) is 12.7. The van der Waals surface area contributed by atoms with Crippen LogP contribution in [0.5, 0.6) is 0 Å². The highest BCUT2D eigenvalue weighted by Gasteiger charge is 2.18. The summed E-state index contributed by atoms with van der Waals surface area (Å²) in [6, 6.07) is 75.8. The number of benzene rings is 10. The van der Waals surface area contributed by atoms with Gasteiger partial charge in [0.15, 0.2) is 0 Å². The van der Waals surface area contributed by atoms with Crippen molar-refractivity contribution in [3.05, 3.63) is 206 Å². The molecule has 3 heteroatoms. The van der Waals surface area contributed by atoms with Gasteiger partial charge in [-0.2, -0.15) is 0 Å². The Morgan fingerprint density at radius 1 is 0.333 bits per heavy atom. The van der Waals surface area contributed by atoms with E-state index in [2.05, 4.69) is 216 Å². The van der Waals surface area contributed by atoms with Crippen LogP contribution in [-0.4, -0.2) is 4.57 Å². The molecule has 0 saturated carbocycles. The van der Waals surface area contributed by atoms with Crippen LogP contribution < -0.4 is 4.90 Å². The van der Waals surface area contributed by atoms with E-state index in [1.54, 1.807) is 0 Å². The van der Waals surface area contributed by atoms with Gasteiger partial charge in [-0.25, -0.2) is 0 Å². The number of thiophene rings is 1. The summed E-state index contributed by atoms with van der Waals surface area (Å²) in [6.45, 7) is 0. The van der Waals surface area contributed by atoms with Crippen molar-refractivity contribution in [2.45, 2.75) is 0 Å². The average Bonchev–Trinajstić information content (AvgIpc) is 3.82. The third-order valence-corrected chi connectivity index (χ3v) is 12.9. The van der Waals surface area contributed by atoms with Crippen LogP contribution in [0.25, 0.3) is 91.1 Å². The number of fused-ring (bicyclic) bond motifs is 11. The molecule has 0 radical (unpaired) electrons. The molecule has 2 aromatic heterocycles. The second-order valence-electron chi connectivity index (χ2n) is 14.9. The topological polar surface area (TPSA) is 8.17 Å². The molecule has 2 heterocycles. The first-order valence-corrected chi connectivity index (χ1v) is 20.3. The van der Waals surface area contributed by atoms with Crippen molar-refractivity contribution in [3.63, 3.8) is 0 Å². The van der Waals surface area contributed by atoms with Gasteiger partial charge >= 0.3 is 0 Å². The van der Waals surface area contributed by atoms with E-state index in [1.165, 1.54) is 85.4 Å². The Morgan fingerprint density at radius 2 is 0.895 bits per heavy atom. The molecular formula is C54H34N2S. The molecule has 266 valence electrons. The van der Waals surface area contributed by atoms with Crippen molar-refractivity contribution in [3.8, 4) is 16.8 Å². The Hall–Kier alpha value is -7.20. The third kappa shape index (κ3) is 5.10. The second-order valence-corrected chi connectivity index (χ2v) is 16.0. The van der Waals surface area contributed by atoms with Crippen molar-refractivity contribution < 1.29 is 0 Å². The van der Waals surface area contributed by atoms with Crippen molar-refractivity contribution in [1.29, 1.82) is 0 Å². The Labute approximate surface area is 333 Å². The monoisotopic (exact) mass is 742 g/mol. The molecule has 0 N–H and O–H groups in total. The summed E-state index contributed by atoms with van der Waals surface area (Å²) < 4.78 is 5.06. The van der Waals surface area contributed by atoms with Gasteiger partial charge in [-0.05, 0) is 105 Å². The summed E-state index contributed by atoms with van der Waals surface area (Å²) in [5.41, 5.74) is 9.36. The van der Waals surface area contributed by atoms with Crippen LogP contribution >= 0.6 is 11.3 Å². The van der Waals surface area contributed by atoms with Gasteiger partial charge in [0.2, 0.25) is 0 Å². The summed E-state index contributed by atoms with van der Waals surface area (Å²) in [4.78, 5) is 2.42. The van der Waals surface area contributed by atoms with E-state index in [1.807, 2.05) is 11.3 Å². The van der Waals surface area contributed by atoms with Gasteiger partial charge in [-0.15, -0.1) is 11.3 Å². The maximum Gasteiger partial charge on any atom is 0.0619 e. The van der Waals surface area contributed by atoms with Gasteiger partial charge in [0.25, 0.3) is 0 Å². The summed E-state index contributed by atoms with van der Waals surface area (Å²) in [5, 5.41) is 12.6. The molecule has 0 spiro atoms. The van der Waals surface area contributed by atoms with E-state index in [9.17, 15) is 0 Å². The molecule has 10 aromatic carbocycles. The highest BCUT2D eigenvalue weighted by molar-refractivity contribution is 7.25. The minimum atomic E-state index is 1.11. The van der Waals surface area contributed by atoms with Crippen LogP contribution in [-0.2, 0) is 0 Å². The number of rotatable bonds is 5. The van der Waals surface area contributed by atoms with Gasteiger partial charge in [0, 0.05) is 59.1 Å². The first kappa shape index (κ1) is 32.1. The number of hydrogen-bond donors (Lipinski definition) is 0. The summed E-state index contributed by atoms with van der Waals surface area (Å²) in [6.07, 6.45) is 0. The first-order chi connectivity index (χ1) is 28.2. The van der Waals surface area contributed by atoms with Gasteiger partial charge in [-0.1, -0.05) is 140 Å². The lowest BCUT2D eigenvalue weighted by atomic mass is 10.00. The van der Waals surface area contributed by atoms with E-state index in [0.29, 0.717) is 0 Å².